The standard InChI is InChI=1S/C28H40O7/c1-8-19(4)17-26(30)33-15-14-20(5)10-9-11-21(6)24(34-22(7)29)13-12-23-27(31)25(16-18(2)3)35-28(23)32/h11-12,14,16-17,24-25,27,31H,8-10,13,15H2,1-7H3. The number of aliphatic hydroxyl groups is 1. The van der Waals surface area contributed by atoms with E-state index >= 15 is 0 Å². The molecule has 0 aliphatic carbocycles. The van der Waals surface area contributed by atoms with Crippen molar-refractivity contribution in [2.75, 3.05) is 6.61 Å². The van der Waals surface area contributed by atoms with Gasteiger partial charge >= 0.3 is 17.9 Å². The summed E-state index contributed by atoms with van der Waals surface area (Å²) in [5, 5.41) is 10.4. The zero-order valence-corrected chi connectivity index (χ0v) is 22.1. The van der Waals surface area contributed by atoms with Crippen molar-refractivity contribution in [2.45, 2.75) is 92.5 Å². The number of aliphatic hydroxyl groups excluding tert-OH is 1. The maximum atomic E-state index is 12.2. The Balaban J connectivity index is 2.73. The first-order valence-corrected chi connectivity index (χ1v) is 12.0. The molecule has 0 spiro atoms. The van der Waals surface area contributed by atoms with Crippen LogP contribution in [0.15, 0.2) is 58.2 Å². The topological polar surface area (TPSA) is 99.1 Å². The second kappa shape index (κ2) is 15.1. The Labute approximate surface area is 209 Å². The van der Waals surface area contributed by atoms with Gasteiger partial charge in [0.25, 0.3) is 0 Å². The number of carbonyl (C=O) groups is 3. The predicted molar refractivity (Wildman–Crippen MR) is 135 cm³/mol. The van der Waals surface area contributed by atoms with Crippen LogP contribution in [-0.2, 0) is 28.6 Å². The molecular formula is C28H40O7. The van der Waals surface area contributed by atoms with Crippen LogP contribution in [0, 0.1) is 0 Å². The highest BCUT2D eigenvalue weighted by Crippen LogP contribution is 2.25. The zero-order chi connectivity index (χ0) is 26.5. The maximum absolute atomic E-state index is 12.2. The summed E-state index contributed by atoms with van der Waals surface area (Å²) in [4.78, 5) is 35.5. The Morgan fingerprint density at radius 1 is 1.09 bits per heavy atom. The first kappa shape index (κ1) is 30.1. The Morgan fingerprint density at radius 3 is 2.37 bits per heavy atom. The second-order valence-electron chi connectivity index (χ2n) is 9.06. The molecule has 0 aromatic carbocycles. The van der Waals surface area contributed by atoms with Crippen molar-refractivity contribution in [3.05, 3.63) is 58.2 Å². The second-order valence-corrected chi connectivity index (χ2v) is 9.06. The minimum Gasteiger partial charge on any atom is -0.458 e. The number of hydrogen-bond acceptors (Lipinski definition) is 7. The summed E-state index contributed by atoms with van der Waals surface area (Å²) in [7, 11) is 0. The van der Waals surface area contributed by atoms with Crippen LogP contribution in [0.25, 0.3) is 0 Å². The Morgan fingerprint density at radius 2 is 1.77 bits per heavy atom. The molecule has 1 heterocycles. The molecule has 0 amide bonds. The monoisotopic (exact) mass is 488 g/mol. The smallest absolute Gasteiger partial charge is 0.337 e. The SMILES string of the molecule is CCC(C)=CC(=O)OCC=C(C)CCC=C(C)C(CC=C1C(=O)OC(C=C(C)C)C1O)OC(C)=O. The van der Waals surface area contributed by atoms with Crippen LogP contribution in [0.5, 0.6) is 0 Å². The number of ether oxygens (including phenoxy) is 3. The molecule has 7 nitrogen and oxygen atoms in total. The highest BCUT2D eigenvalue weighted by atomic mass is 16.6. The fraction of sp³-hybridized carbons (Fsp3) is 0.536. The van der Waals surface area contributed by atoms with E-state index in [1.807, 2.05) is 53.7 Å². The third-order valence-electron chi connectivity index (χ3n) is 5.56. The van der Waals surface area contributed by atoms with Crippen LogP contribution in [0.3, 0.4) is 0 Å². The molecule has 7 heteroatoms. The molecule has 0 aromatic heterocycles. The number of rotatable bonds is 12. The summed E-state index contributed by atoms with van der Waals surface area (Å²) in [6.07, 6.45) is 8.86. The van der Waals surface area contributed by atoms with E-state index in [2.05, 4.69) is 0 Å². The molecule has 0 aromatic rings. The van der Waals surface area contributed by atoms with Crippen LogP contribution in [0.4, 0.5) is 0 Å². The Bertz CT molecular complexity index is 914. The molecule has 194 valence electrons. The van der Waals surface area contributed by atoms with E-state index in [0.717, 1.165) is 35.1 Å². The van der Waals surface area contributed by atoms with Crippen molar-refractivity contribution in [1.29, 1.82) is 0 Å². The summed E-state index contributed by atoms with van der Waals surface area (Å²) < 4.78 is 15.9. The number of esters is 3. The summed E-state index contributed by atoms with van der Waals surface area (Å²) >= 11 is 0. The predicted octanol–water partition coefficient (Wildman–Crippen LogP) is 5.06. The molecule has 35 heavy (non-hydrogen) atoms. The molecule has 0 bridgehead atoms. The van der Waals surface area contributed by atoms with E-state index in [-0.39, 0.29) is 24.6 Å². The molecule has 1 rings (SSSR count). The minimum absolute atomic E-state index is 0.176. The van der Waals surface area contributed by atoms with E-state index in [1.165, 1.54) is 13.0 Å². The fourth-order valence-electron chi connectivity index (χ4n) is 3.34. The number of hydrogen-bond donors (Lipinski definition) is 1. The van der Waals surface area contributed by atoms with Crippen molar-refractivity contribution in [2.24, 2.45) is 0 Å². The Kier molecular flexibility index (Phi) is 13.0. The lowest BCUT2D eigenvalue weighted by Crippen LogP contribution is -2.21. The van der Waals surface area contributed by atoms with E-state index < -0.39 is 30.3 Å². The molecule has 1 aliphatic rings. The summed E-state index contributed by atoms with van der Waals surface area (Å²) in [6.45, 7) is 13.0. The van der Waals surface area contributed by atoms with Gasteiger partial charge in [-0.1, -0.05) is 35.8 Å². The lowest BCUT2D eigenvalue weighted by molar-refractivity contribution is -0.144. The van der Waals surface area contributed by atoms with Crippen molar-refractivity contribution in [1.82, 2.24) is 0 Å². The maximum Gasteiger partial charge on any atom is 0.337 e. The van der Waals surface area contributed by atoms with Crippen LogP contribution in [0.1, 0.15) is 74.1 Å². The average Bonchev–Trinajstić information content (AvgIpc) is 3.02. The number of allylic oxidation sites excluding steroid dienone is 4. The van der Waals surface area contributed by atoms with Crippen molar-refractivity contribution in [3.63, 3.8) is 0 Å². The van der Waals surface area contributed by atoms with Crippen molar-refractivity contribution >= 4 is 17.9 Å². The zero-order valence-electron chi connectivity index (χ0n) is 22.1. The first-order chi connectivity index (χ1) is 16.4. The van der Waals surface area contributed by atoms with E-state index in [9.17, 15) is 19.5 Å². The van der Waals surface area contributed by atoms with Crippen molar-refractivity contribution < 1.29 is 33.7 Å². The van der Waals surface area contributed by atoms with Gasteiger partial charge in [-0.3, -0.25) is 4.79 Å². The van der Waals surface area contributed by atoms with Gasteiger partial charge < -0.3 is 19.3 Å². The third kappa shape index (κ3) is 11.4. The largest absolute Gasteiger partial charge is 0.458 e. The molecular weight excluding hydrogens is 448 g/mol. The fourth-order valence-corrected chi connectivity index (χ4v) is 3.34. The van der Waals surface area contributed by atoms with Gasteiger partial charge in [0.2, 0.25) is 0 Å². The molecule has 1 N–H and O–H groups in total. The summed E-state index contributed by atoms with van der Waals surface area (Å²) in [5.74, 6) is -1.33. The molecule has 0 saturated carbocycles. The number of carbonyl (C=O) groups excluding carboxylic acids is 3. The van der Waals surface area contributed by atoms with Crippen LogP contribution in [-0.4, -0.2) is 47.9 Å². The lowest BCUT2D eigenvalue weighted by atomic mass is 10.0. The average molecular weight is 489 g/mol. The highest BCUT2D eigenvalue weighted by Gasteiger charge is 2.37. The van der Waals surface area contributed by atoms with Gasteiger partial charge in [-0.2, -0.15) is 0 Å². The van der Waals surface area contributed by atoms with Gasteiger partial charge in [0.05, 0.1) is 5.57 Å². The van der Waals surface area contributed by atoms with Gasteiger partial charge in [0, 0.05) is 19.4 Å². The quantitative estimate of drug-likeness (QED) is 0.177. The van der Waals surface area contributed by atoms with Gasteiger partial charge in [-0.25, -0.2) is 9.59 Å². The van der Waals surface area contributed by atoms with Gasteiger partial charge in [-0.05, 0) is 71.6 Å². The normalized spacial score (nSPS) is 21.0. The van der Waals surface area contributed by atoms with E-state index in [0.29, 0.717) is 6.42 Å². The van der Waals surface area contributed by atoms with Gasteiger partial charge in [0.15, 0.2) is 6.10 Å². The Hall–Kier alpha value is -2.93. The molecule has 1 saturated heterocycles. The van der Waals surface area contributed by atoms with E-state index in [4.69, 9.17) is 14.2 Å². The minimum atomic E-state index is -1.05. The van der Waals surface area contributed by atoms with Gasteiger partial charge in [-0.15, -0.1) is 0 Å². The molecule has 3 atom stereocenters. The van der Waals surface area contributed by atoms with Crippen LogP contribution in [0.2, 0.25) is 0 Å². The van der Waals surface area contributed by atoms with Crippen molar-refractivity contribution in [3.8, 4) is 0 Å². The lowest BCUT2D eigenvalue weighted by Gasteiger charge is -2.17. The van der Waals surface area contributed by atoms with Crippen LogP contribution >= 0.6 is 0 Å². The molecule has 3 unspecified atom stereocenters. The van der Waals surface area contributed by atoms with Gasteiger partial charge in [0.1, 0.15) is 18.8 Å². The molecule has 0 radical (unpaired) electrons. The molecule has 1 aliphatic heterocycles. The molecule has 1 fully saturated rings. The van der Waals surface area contributed by atoms with E-state index in [1.54, 1.807) is 12.2 Å². The summed E-state index contributed by atoms with van der Waals surface area (Å²) in [6, 6.07) is 0. The number of cyclic esters (lactones) is 1. The van der Waals surface area contributed by atoms with Crippen LogP contribution < -0.4 is 0 Å². The first-order valence-electron chi connectivity index (χ1n) is 12.0. The highest BCUT2D eigenvalue weighted by molar-refractivity contribution is 5.92. The third-order valence-corrected chi connectivity index (χ3v) is 5.56. The summed E-state index contributed by atoms with van der Waals surface area (Å²) in [5.41, 5.74) is 4.01.